The molecule has 0 rings (SSSR count). The first-order chi connectivity index (χ1) is 8.86. The molecule has 0 saturated heterocycles. The fourth-order valence-electron chi connectivity index (χ4n) is 1.57. The molecular weight excluding hydrogens is 264 g/mol. The molecule has 0 aliphatic rings. The second-order valence-electron chi connectivity index (χ2n) is 5.16. The summed E-state index contributed by atoms with van der Waals surface area (Å²) in [6, 6.07) is -1.16. The van der Waals surface area contributed by atoms with Crippen molar-refractivity contribution in [1.29, 1.82) is 0 Å². The van der Waals surface area contributed by atoms with E-state index >= 15 is 0 Å². The van der Waals surface area contributed by atoms with Gasteiger partial charge in [-0.3, -0.25) is 0 Å². The van der Waals surface area contributed by atoms with Gasteiger partial charge in [-0.15, -0.1) is 0 Å². The lowest BCUT2D eigenvalue weighted by Crippen LogP contribution is -2.48. The van der Waals surface area contributed by atoms with Crippen LogP contribution < -0.4 is 10.6 Å². The molecular formula is C13H26N2O3S. The van der Waals surface area contributed by atoms with Crippen molar-refractivity contribution in [1.82, 2.24) is 10.6 Å². The van der Waals surface area contributed by atoms with Gasteiger partial charge in [-0.1, -0.05) is 13.8 Å². The largest absolute Gasteiger partial charge is 0.480 e. The van der Waals surface area contributed by atoms with Gasteiger partial charge in [-0.2, -0.15) is 11.8 Å². The zero-order valence-electron chi connectivity index (χ0n) is 12.2. The van der Waals surface area contributed by atoms with Crippen LogP contribution in [0.1, 0.15) is 40.0 Å². The second kappa shape index (κ2) is 9.95. The van der Waals surface area contributed by atoms with E-state index in [9.17, 15) is 9.59 Å². The molecule has 0 aliphatic heterocycles. The summed E-state index contributed by atoms with van der Waals surface area (Å²) in [5, 5.41) is 14.3. The Morgan fingerprint density at radius 2 is 1.74 bits per heavy atom. The van der Waals surface area contributed by atoms with Gasteiger partial charge in [0.1, 0.15) is 6.04 Å². The van der Waals surface area contributed by atoms with Crippen LogP contribution in [0.3, 0.4) is 0 Å². The molecule has 6 heteroatoms. The Balaban J connectivity index is 4.07. The molecule has 0 aromatic heterocycles. The number of urea groups is 1. The predicted octanol–water partition coefficient (Wildman–Crippen LogP) is 2.32. The molecule has 3 N–H and O–H groups in total. The van der Waals surface area contributed by atoms with Gasteiger partial charge >= 0.3 is 12.0 Å². The minimum absolute atomic E-state index is 0.0531. The summed E-state index contributed by atoms with van der Waals surface area (Å²) in [5.74, 6) is 0.319. The van der Waals surface area contributed by atoms with Crippen LogP contribution >= 0.6 is 11.8 Å². The van der Waals surface area contributed by atoms with Crippen molar-refractivity contribution in [2.75, 3.05) is 12.0 Å². The Morgan fingerprint density at radius 3 is 2.21 bits per heavy atom. The van der Waals surface area contributed by atoms with Crippen LogP contribution in [0.2, 0.25) is 0 Å². The minimum Gasteiger partial charge on any atom is -0.480 e. The highest BCUT2D eigenvalue weighted by Gasteiger charge is 2.19. The lowest BCUT2D eigenvalue weighted by Gasteiger charge is -2.18. The zero-order valence-corrected chi connectivity index (χ0v) is 13.0. The Labute approximate surface area is 119 Å². The summed E-state index contributed by atoms with van der Waals surface area (Å²) < 4.78 is 0. The summed E-state index contributed by atoms with van der Waals surface area (Å²) in [5.41, 5.74) is 0. The first-order valence-electron chi connectivity index (χ1n) is 6.65. The molecule has 0 bridgehead atoms. The van der Waals surface area contributed by atoms with E-state index < -0.39 is 18.0 Å². The monoisotopic (exact) mass is 290 g/mol. The number of carboxylic acids is 1. The molecule has 0 aromatic carbocycles. The molecule has 2 atom stereocenters. The molecule has 5 nitrogen and oxygen atoms in total. The van der Waals surface area contributed by atoms with Crippen molar-refractivity contribution in [3.63, 3.8) is 0 Å². The number of hydrogen-bond acceptors (Lipinski definition) is 3. The Morgan fingerprint density at radius 1 is 1.11 bits per heavy atom. The number of nitrogens with one attached hydrogen (secondary N) is 2. The van der Waals surface area contributed by atoms with E-state index in [1.807, 2.05) is 13.2 Å². The maximum atomic E-state index is 11.7. The molecule has 0 fully saturated rings. The third kappa shape index (κ3) is 9.64. The molecule has 0 radical (unpaired) electrons. The number of carbonyl (C=O) groups is 2. The van der Waals surface area contributed by atoms with Crippen LogP contribution in [0, 0.1) is 5.92 Å². The van der Waals surface area contributed by atoms with Crippen molar-refractivity contribution in [3.8, 4) is 0 Å². The number of amides is 2. The van der Waals surface area contributed by atoms with E-state index in [1.54, 1.807) is 11.8 Å². The Kier molecular flexibility index (Phi) is 9.47. The van der Waals surface area contributed by atoms with Gasteiger partial charge in [0.05, 0.1) is 0 Å². The summed E-state index contributed by atoms with van der Waals surface area (Å²) >= 11 is 1.56. The smallest absolute Gasteiger partial charge is 0.326 e. The number of carboxylic acid groups (broad SMARTS) is 1. The fraction of sp³-hybridized carbons (Fsp3) is 0.846. The van der Waals surface area contributed by atoms with Crippen LogP contribution in [0.5, 0.6) is 0 Å². The second-order valence-corrected chi connectivity index (χ2v) is 6.15. The van der Waals surface area contributed by atoms with E-state index in [0.29, 0.717) is 18.1 Å². The van der Waals surface area contributed by atoms with E-state index in [-0.39, 0.29) is 6.04 Å². The first-order valence-corrected chi connectivity index (χ1v) is 8.05. The van der Waals surface area contributed by atoms with Gasteiger partial charge in [-0.25, -0.2) is 9.59 Å². The van der Waals surface area contributed by atoms with Crippen molar-refractivity contribution in [3.05, 3.63) is 0 Å². The number of aliphatic carboxylic acids is 1. The number of carbonyl (C=O) groups excluding carboxylic acids is 1. The maximum Gasteiger partial charge on any atom is 0.326 e. The predicted molar refractivity (Wildman–Crippen MR) is 79.6 cm³/mol. The molecule has 1 unspecified atom stereocenters. The highest BCUT2D eigenvalue weighted by atomic mass is 32.2. The summed E-state index contributed by atoms with van der Waals surface area (Å²) in [4.78, 5) is 22.7. The van der Waals surface area contributed by atoms with Crippen LogP contribution in [-0.4, -0.2) is 41.2 Å². The van der Waals surface area contributed by atoms with Gasteiger partial charge in [0.25, 0.3) is 0 Å². The molecule has 0 spiro atoms. The van der Waals surface area contributed by atoms with Crippen molar-refractivity contribution in [2.24, 2.45) is 5.92 Å². The van der Waals surface area contributed by atoms with Crippen LogP contribution in [0.4, 0.5) is 4.79 Å². The van der Waals surface area contributed by atoms with Crippen molar-refractivity contribution in [2.45, 2.75) is 52.1 Å². The lowest BCUT2D eigenvalue weighted by atomic mass is 10.0. The first kappa shape index (κ1) is 18.1. The highest BCUT2D eigenvalue weighted by molar-refractivity contribution is 7.98. The lowest BCUT2D eigenvalue weighted by molar-refractivity contribution is -0.139. The zero-order chi connectivity index (χ0) is 14.8. The number of rotatable bonds is 9. The number of thioether (sulfide) groups is 1. The van der Waals surface area contributed by atoms with Gasteiger partial charge in [0, 0.05) is 6.04 Å². The third-order valence-electron chi connectivity index (χ3n) is 2.77. The van der Waals surface area contributed by atoms with E-state index in [1.165, 1.54) is 0 Å². The van der Waals surface area contributed by atoms with Gasteiger partial charge in [0.15, 0.2) is 0 Å². The van der Waals surface area contributed by atoms with Gasteiger partial charge in [0.2, 0.25) is 0 Å². The average Bonchev–Trinajstić information content (AvgIpc) is 2.31. The SMILES string of the molecule is CSCC[C@@H](NC(=O)NC(C)CCC(C)C)C(=O)O. The van der Waals surface area contributed by atoms with E-state index in [0.717, 1.165) is 12.8 Å². The van der Waals surface area contributed by atoms with Crippen LogP contribution in [-0.2, 0) is 4.79 Å². The molecule has 0 aromatic rings. The molecule has 19 heavy (non-hydrogen) atoms. The van der Waals surface area contributed by atoms with Crippen molar-refractivity contribution < 1.29 is 14.7 Å². The molecule has 2 amide bonds. The summed E-state index contributed by atoms with van der Waals surface area (Å²) in [6.45, 7) is 6.20. The van der Waals surface area contributed by atoms with Crippen molar-refractivity contribution >= 4 is 23.8 Å². The normalized spacial score (nSPS) is 13.9. The number of hydrogen-bond donors (Lipinski definition) is 3. The maximum absolute atomic E-state index is 11.7. The average molecular weight is 290 g/mol. The Bertz CT molecular complexity index is 285. The molecule has 0 heterocycles. The Hall–Kier alpha value is -0.910. The van der Waals surface area contributed by atoms with E-state index in [2.05, 4.69) is 24.5 Å². The summed E-state index contributed by atoms with van der Waals surface area (Å²) in [7, 11) is 0. The molecule has 112 valence electrons. The summed E-state index contributed by atoms with van der Waals surface area (Å²) in [6.07, 6.45) is 4.28. The highest BCUT2D eigenvalue weighted by Crippen LogP contribution is 2.06. The quantitative estimate of drug-likeness (QED) is 0.609. The van der Waals surface area contributed by atoms with Crippen LogP contribution in [0.15, 0.2) is 0 Å². The minimum atomic E-state index is -0.987. The fourth-order valence-corrected chi connectivity index (χ4v) is 2.04. The standard InChI is InChI=1S/C13H26N2O3S/c1-9(2)5-6-10(3)14-13(18)15-11(12(16)17)7-8-19-4/h9-11H,5-8H2,1-4H3,(H,16,17)(H2,14,15,18)/t10?,11-/m1/s1. The van der Waals surface area contributed by atoms with Gasteiger partial charge in [-0.05, 0) is 44.1 Å². The van der Waals surface area contributed by atoms with E-state index in [4.69, 9.17) is 5.11 Å². The third-order valence-corrected chi connectivity index (χ3v) is 3.41. The van der Waals surface area contributed by atoms with Crippen LogP contribution in [0.25, 0.3) is 0 Å². The molecule has 0 saturated carbocycles. The molecule has 0 aliphatic carbocycles. The van der Waals surface area contributed by atoms with Gasteiger partial charge < -0.3 is 15.7 Å². The topological polar surface area (TPSA) is 78.4 Å².